The Kier molecular flexibility index (Phi) is 4.14. The van der Waals surface area contributed by atoms with E-state index in [0.717, 1.165) is 37.3 Å². The van der Waals surface area contributed by atoms with Crippen LogP contribution in [0.2, 0.25) is 10.0 Å². The van der Waals surface area contributed by atoms with Crippen LogP contribution in [-0.4, -0.2) is 16.3 Å². The SMILES string of the molecule is CCC(CC)c1nn(-c2ccc(Cl)c(Cl)c2)c2c1CCN2. The Morgan fingerprint density at radius 2 is 2.00 bits per heavy atom. The highest BCUT2D eigenvalue weighted by Crippen LogP contribution is 2.36. The van der Waals surface area contributed by atoms with Gasteiger partial charge in [-0.2, -0.15) is 5.10 Å². The molecular weight excluding hydrogens is 305 g/mol. The van der Waals surface area contributed by atoms with Crippen LogP contribution in [0.1, 0.15) is 43.9 Å². The molecule has 0 unspecified atom stereocenters. The van der Waals surface area contributed by atoms with Crippen LogP contribution in [0, 0.1) is 0 Å². The second-order valence-corrected chi connectivity index (χ2v) is 6.23. The van der Waals surface area contributed by atoms with E-state index in [9.17, 15) is 0 Å². The van der Waals surface area contributed by atoms with Crippen molar-refractivity contribution in [2.24, 2.45) is 0 Å². The average molecular weight is 324 g/mol. The molecule has 0 fully saturated rings. The molecule has 0 spiro atoms. The molecule has 5 heteroatoms. The topological polar surface area (TPSA) is 29.9 Å². The molecule has 0 saturated heterocycles. The number of hydrogen-bond donors (Lipinski definition) is 1. The third-order valence-electron chi connectivity index (χ3n) is 4.20. The molecule has 0 amide bonds. The second kappa shape index (κ2) is 5.90. The van der Waals surface area contributed by atoms with Gasteiger partial charge in [0.25, 0.3) is 0 Å². The summed E-state index contributed by atoms with van der Waals surface area (Å²) in [7, 11) is 0. The Balaban J connectivity index is 2.11. The molecule has 3 rings (SSSR count). The first kappa shape index (κ1) is 14.7. The fourth-order valence-electron chi connectivity index (χ4n) is 3.01. The molecule has 1 aliphatic heterocycles. The molecule has 1 aliphatic rings. The maximum absolute atomic E-state index is 6.15. The lowest BCUT2D eigenvalue weighted by molar-refractivity contribution is 0.607. The monoisotopic (exact) mass is 323 g/mol. The largest absolute Gasteiger partial charge is 0.369 e. The Morgan fingerprint density at radius 3 is 2.67 bits per heavy atom. The predicted octanol–water partition coefficient (Wildman–Crippen LogP) is 5.05. The molecule has 0 bridgehead atoms. The molecule has 1 aromatic carbocycles. The standard InChI is InChI=1S/C16H19Cl2N3/c1-3-10(4-2)15-12-7-8-19-16(12)21(20-15)11-5-6-13(17)14(18)9-11/h5-6,9-10,19H,3-4,7-8H2,1-2H3. The van der Waals surface area contributed by atoms with Crippen molar-refractivity contribution in [2.75, 3.05) is 11.9 Å². The van der Waals surface area contributed by atoms with Crippen molar-refractivity contribution in [1.29, 1.82) is 0 Å². The molecule has 0 atom stereocenters. The Labute approximate surface area is 135 Å². The van der Waals surface area contributed by atoms with Crippen molar-refractivity contribution in [3.05, 3.63) is 39.5 Å². The molecule has 0 saturated carbocycles. The summed E-state index contributed by atoms with van der Waals surface area (Å²) in [5.41, 5.74) is 3.54. The molecule has 3 nitrogen and oxygen atoms in total. The van der Waals surface area contributed by atoms with Crippen LogP contribution in [0.15, 0.2) is 18.2 Å². The number of benzene rings is 1. The first-order chi connectivity index (χ1) is 10.2. The smallest absolute Gasteiger partial charge is 0.133 e. The fourth-order valence-corrected chi connectivity index (χ4v) is 3.30. The van der Waals surface area contributed by atoms with Crippen LogP contribution < -0.4 is 5.32 Å². The minimum absolute atomic E-state index is 0.516. The number of fused-ring (bicyclic) bond motifs is 1. The van der Waals surface area contributed by atoms with Gasteiger partial charge in [-0.25, -0.2) is 4.68 Å². The van der Waals surface area contributed by atoms with E-state index >= 15 is 0 Å². The van der Waals surface area contributed by atoms with Gasteiger partial charge in [0.05, 0.1) is 21.4 Å². The zero-order valence-corrected chi connectivity index (χ0v) is 13.8. The maximum Gasteiger partial charge on any atom is 0.133 e. The number of anilines is 1. The van der Waals surface area contributed by atoms with Crippen molar-refractivity contribution in [2.45, 2.75) is 39.0 Å². The summed E-state index contributed by atoms with van der Waals surface area (Å²) in [6.45, 7) is 5.42. The highest BCUT2D eigenvalue weighted by Gasteiger charge is 2.26. The molecule has 2 heterocycles. The molecular formula is C16H19Cl2N3. The number of aromatic nitrogens is 2. The van der Waals surface area contributed by atoms with Crippen LogP contribution in [0.5, 0.6) is 0 Å². The van der Waals surface area contributed by atoms with Crippen molar-refractivity contribution >= 4 is 29.0 Å². The predicted molar refractivity (Wildman–Crippen MR) is 89.1 cm³/mol. The van der Waals surface area contributed by atoms with E-state index in [4.69, 9.17) is 28.3 Å². The Hall–Kier alpha value is -1.19. The average Bonchev–Trinajstić information content (AvgIpc) is 3.07. The summed E-state index contributed by atoms with van der Waals surface area (Å²) in [5, 5.41) is 9.44. The Morgan fingerprint density at radius 1 is 1.24 bits per heavy atom. The van der Waals surface area contributed by atoms with Gasteiger partial charge in [0.2, 0.25) is 0 Å². The first-order valence-electron chi connectivity index (χ1n) is 7.46. The van der Waals surface area contributed by atoms with Gasteiger partial charge >= 0.3 is 0 Å². The molecule has 112 valence electrons. The summed E-state index contributed by atoms with van der Waals surface area (Å²) in [6, 6.07) is 5.64. The molecule has 0 radical (unpaired) electrons. The fraction of sp³-hybridized carbons (Fsp3) is 0.438. The minimum Gasteiger partial charge on any atom is -0.369 e. The molecule has 0 aliphatic carbocycles. The van der Waals surface area contributed by atoms with E-state index < -0.39 is 0 Å². The van der Waals surface area contributed by atoms with Crippen LogP contribution >= 0.6 is 23.2 Å². The van der Waals surface area contributed by atoms with E-state index in [1.54, 1.807) is 0 Å². The third kappa shape index (κ3) is 2.53. The number of halogens is 2. The van der Waals surface area contributed by atoms with E-state index in [1.807, 2.05) is 22.9 Å². The normalized spacial score (nSPS) is 13.6. The maximum atomic E-state index is 6.15. The van der Waals surface area contributed by atoms with Gasteiger partial charge < -0.3 is 5.32 Å². The van der Waals surface area contributed by atoms with Gasteiger partial charge in [0.15, 0.2) is 0 Å². The number of nitrogens with one attached hydrogen (secondary N) is 1. The minimum atomic E-state index is 0.516. The third-order valence-corrected chi connectivity index (χ3v) is 4.94. The zero-order valence-electron chi connectivity index (χ0n) is 12.3. The summed E-state index contributed by atoms with van der Waals surface area (Å²) in [4.78, 5) is 0. The van der Waals surface area contributed by atoms with Crippen LogP contribution in [0.25, 0.3) is 5.69 Å². The number of hydrogen-bond acceptors (Lipinski definition) is 2. The highest BCUT2D eigenvalue weighted by molar-refractivity contribution is 6.42. The van der Waals surface area contributed by atoms with E-state index in [0.29, 0.717) is 16.0 Å². The van der Waals surface area contributed by atoms with Crippen molar-refractivity contribution in [3.8, 4) is 5.69 Å². The van der Waals surface area contributed by atoms with E-state index in [-0.39, 0.29) is 0 Å². The summed E-state index contributed by atoms with van der Waals surface area (Å²) in [6.07, 6.45) is 3.27. The van der Waals surface area contributed by atoms with Crippen LogP contribution in [0.3, 0.4) is 0 Å². The van der Waals surface area contributed by atoms with Crippen molar-refractivity contribution in [1.82, 2.24) is 9.78 Å². The van der Waals surface area contributed by atoms with Gasteiger partial charge in [-0.1, -0.05) is 37.0 Å². The quantitative estimate of drug-likeness (QED) is 0.853. The van der Waals surface area contributed by atoms with Crippen LogP contribution in [0.4, 0.5) is 5.82 Å². The first-order valence-corrected chi connectivity index (χ1v) is 8.22. The van der Waals surface area contributed by atoms with Crippen LogP contribution in [-0.2, 0) is 6.42 Å². The van der Waals surface area contributed by atoms with Gasteiger partial charge in [-0.15, -0.1) is 0 Å². The van der Waals surface area contributed by atoms with E-state index in [1.165, 1.54) is 11.3 Å². The summed E-state index contributed by atoms with van der Waals surface area (Å²) < 4.78 is 1.97. The second-order valence-electron chi connectivity index (χ2n) is 5.41. The number of rotatable bonds is 4. The molecule has 1 aromatic heterocycles. The van der Waals surface area contributed by atoms with E-state index in [2.05, 4.69) is 19.2 Å². The highest BCUT2D eigenvalue weighted by atomic mass is 35.5. The lowest BCUT2D eigenvalue weighted by Gasteiger charge is -2.11. The van der Waals surface area contributed by atoms with Crippen molar-refractivity contribution in [3.63, 3.8) is 0 Å². The molecule has 1 N–H and O–H groups in total. The molecule has 2 aromatic rings. The van der Waals surface area contributed by atoms with Gasteiger partial charge in [0, 0.05) is 18.0 Å². The lowest BCUT2D eigenvalue weighted by Crippen LogP contribution is -2.06. The summed E-state index contributed by atoms with van der Waals surface area (Å²) >= 11 is 12.2. The summed E-state index contributed by atoms with van der Waals surface area (Å²) in [5.74, 6) is 1.62. The van der Waals surface area contributed by atoms with Gasteiger partial charge in [-0.05, 0) is 37.5 Å². The molecule has 21 heavy (non-hydrogen) atoms. The van der Waals surface area contributed by atoms with Crippen molar-refractivity contribution < 1.29 is 0 Å². The zero-order chi connectivity index (χ0) is 15.0. The van der Waals surface area contributed by atoms with Gasteiger partial charge in [-0.3, -0.25) is 0 Å². The Bertz CT molecular complexity index is 660. The van der Waals surface area contributed by atoms with Gasteiger partial charge in [0.1, 0.15) is 5.82 Å². The lowest BCUT2D eigenvalue weighted by atomic mass is 9.96. The number of nitrogens with zero attached hydrogens (tertiary/aromatic N) is 2.